The Bertz CT molecular complexity index is 401. The van der Waals surface area contributed by atoms with E-state index in [0.29, 0.717) is 4.90 Å². The van der Waals surface area contributed by atoms with Crippen LogP contribution in [0.5, 0.6) is 0 Å². The van der Waals surface area contributed by atoms with Crippen LogP contribution in [0.2, 0.25) is 0 Å². The lowest BCUT2D eigenvalue weighted by Crippen LogP contribution is -2.06. The van der Waals surface area contributed by atoms with Crippen LogP contribution in [0, 0.1) is 0 Å². The molecule has 0 saturated heterocycles. The molecule has 0 atom stereocenters. The number of benzene rings is 1. The highest BCUT2D eigenvalue weighted by atomic mass is 79.9. The first kappa shape index (κ1) is 14.7. The summed E-state index contributed by atoms with van der Waals surface area (Å²) in [6, 6.07) is 8.70. The molecule has 4 heteroatoms. The molecule has 17 heavy (non-hydrogen) atoms. The first-order valence-electron chi connectivity index (χ1n) is 6.00. The molecule has 96 valence electrons. The minimum Gasteiger partial charge on any atom is -0.224 e. The van der Waals surface area contributed by atoms with Crippen LogP contribution < -0.4 is 0 Å². The highest BCUT2D eigenvalue weighted by Crippen LogP contribution is 2.13. The molecular formula is C13H19BrO2S. The van der Waals surface area contributed by atoms with Crippen LogP contribution in [-0.2, 0) is 9.84 Å². The molecule has 1 aromatic rings. The Morgan fingerprint density at radius 2 is 1.47 bits per heavy atom. The highest BCUT2D eigenvalue weighted by molar-refractivity contribution is 9.09. The molecule has 0 unspecified atom stereocenters. The topological polar surface area (TPSA) is 34.1 Å². The first-order chi connectivity index (χ1) is 8.17. The van der Waals surface area contributed by atoms with Gasteiger partial charge in [0.25, 0.3) is 0 Å². The summed E-state index contributed by atoms with van der Waals surface area (Å²) in [6.45, 7) is 0. The molecule has 0 amide bonds. The van der Waals surface area contributed by atoms with E-state index in [4.69, 9.17) is 0 Å². The van der Waals surface area contributed by atoms with Gasteiger partial charge >= 0.3 is 0 Å². The Kier molecular flexibility index (Phi) is 6.82. The molecule has 0 aliphatic heterocycles. The van der Waals surface area contributed by atoms with Crippen molar-refractivity contribution in [3.8, 4) is 0 Å². The van der Waals surface area contributed by atoms with Crippen LogP contribution in [-0.4, -0.2) is 19.5 Å². The van der Waals surface area contributed by atoms with Gasteiger partial charge in [0.2, 0.25) is 0 Å². The first-order valence-corrected chi connectivity index (χ1v) is 8.78. The molecule has 0 aromatic heterocycles. The monoisotopic (exact) mass is 318 g/mol. The Morgan fingerprint density at radius 3 is 2.12 bits per heavy atom. The molecular weight excluding hydrogens is 300 g/mol. The third-order valence-corrected chi connectivity index (χ3v) is 5.03. The van der Waals surface area contributed by atoms with Crippen molar-refractivity contribution in [3.05, 3.63) is 30.3 Å². The van der Waals surface area contributed by atoms with Gasteiger partial charge in [0.1, 0.15) is 0 Å². The van der Waals surface area contributed by atoms with E-state index in [1.807, 2.05) is 6.07 Å². The number of alkyl halides is 1. The molecule has 0 radical (unpaired) electrons. The zero-order chi connectivity index (χ0) is 12.6. The largest absolute Gasteiger partial charge is 0.224 e. The fraction of sp³-hybridized carbons (Fsp3) is 0.538. The predicted molar refractivity (Wildman–Crippen MR) is 75.4 cm³/mol. The van der Waals surface area contributed by atoms with E-state index >= 15 is 0 Å². The van der Waals surface area contributed by atoms with Gasteiger partial charge in [-0.05, 0) is 25.0 Å². The summed E-state index contributed by atoms with van der Waals surface area (Å²) < 4.78 is 23.8. The van der Waals surface area contributed by atoms with Gasteiger partial charge in [-0.3, -0.25) is 0 Å². The molecule has 0 bridgehead atoms. The van der Waals surface area contributed by atoms with Crippen molar-refractivity contribution in [2.75, 3.05) is 11.1 Å². The number of hydrogen-bond donors (Lipinski definition) is 0. The van der Waals surface area contributed by atoms with Crippen LogP contribution in [0.3, 0.4) is 0 Å². The molecule has 0 aliphatic rings. The van der Waals surface area contributed by atoms with Crippen LogP contribution in [0.25, 0.3) is 0 Å². The van der Waals surface area contributed by atoms with Gasteiger partial charge in [-0.1, -0.05) is 53.4 Å². The Hall–Kier alpha value is -0.350. The second-order valence-electron chi connectivity index (χ2n) is 4.09. The predicted octanol–water partition coefficient (Wildman–Crippen LogP) is 3.81. The zero-order valence-corrected chi connectivity index (χ0v) is 12.3. The van der Waals surface area contributed by atoms with Gasteiger partial charge < -0.3 is 0 Å². The van der Waals surface area contributed by atoms with Crippen molar-refractivity contribution < 1.29 is 8.42 Å². The summed E-state index contributed by atoms with van der Waals surface area (Å²) in [6.07, 6.45) is 5.23. The number of hydrogen-bond acceptors (Lipinski definition) is 2. The van der Waals surface area contributed by atoms with Crippen molar-refractivity contribution in [2.45, 2.75) is 37.0 Å². The summed E-state index contributed by atoms with van der Waals surface area (Å²) in [5.74, 6) is 0.269. The fourth-order valence-corrected chi connectivity index (χ4v) is 3.45. The third-order valence-electron chi connectivity index (χ3n) is 2.65. The van der Waals surface area contributed by atoms with Crippen molar-refractivity contribution >= 4 is 25.8 Å². The van der Waals surface area contributed by atoms with E-state index in [1.165, 1.54) is 12.8 Å². The maximum absolute atomic E-state index is 11.9. The minimum absolute atomic E-state index is 0.269. The lowest BCUT2D eigenvalue weighted by Gasteiger charge is -2.04. The Morgan fingerprint density at radius 1 is 0.882 bits per heavy atom. The smallest absolute Gasteiger partial charge is 0.178 e. The van der Waals surface area contributed by atoms with E-state index in [2.05, 4.69) is 15.9 Å². The minimum atomic E-state index is -3.06. The summed E-state index contributed by atoms with van der Waals surface area (Å²) in [5.41, 5.74) is 0. The molecule has 0 saturated carbocycles. The molecule has 0 fully saturated rings. The molecule has 0 aliphatic carbocycles. The molecule has 0 heterocycles. The van der Waals surface area contributed by atoms with E-state index in [0.717, 1.165) is 24.6 Å². The SMILES string of the molecule is O=S(=O)(CCCCCCCBr)c1ccccc1. The van der Waals surface area contributed by atoms with Crippen molar-refractivity contribution in [1.29, 1.82) is 0 Å². The average molecular weight is 319 g/mol. The lowest BCUT2D eigenvalue weighted by atomic mass is 10.2. The number of unbranched alkanes of at least 4 members (excludes halogenated alkanes) is 4. The Labute approximate surface area is 112 Å². The molecule has 1 aromatic carbocycles. The van der Waals surface area contributed by atoms with E-state index < -0.39 is 9.84 Å². The maximum atomic E-state index is 11.9. The lowest BCUT2D eigenvalue weighted by molar-refractivity contribution is 0.587. The third kappa shape index (κ3) is 5.68. The fourth-order valence-electron chi connectivity index (χ4n) is 1.66. The normalized spacial score (nSPS) is 11.6. The average Bonchev–Trinajstić information content (AvgIpc) is 2.35. The van der Waals surface area contributed by atoms with Crippen molar-refractivity contribution in [3.63, 3.8) is 0 Å². The number of sulfone groups is 1. The number of rotatable bonds is 8. The summed E-state index contributed by atoms with van der Waals surface area (Å²) >= 11 is 3.38. The van der Waals surface area contributed by atoms with Crippen LogP contribution >= 0.6 is 15.9 Å². The Balaban J connectivity index is 2.31. The highest BCUT2D eigenvalue weighted by Gasteiger charge is 2.12. The van der Waals surface area contributed by atoms with E-state index in [1.54, 1.807) is 24.3 Å². The van der Waals surface area contributed by atoms with Crippen molar-refractivity contribution in [2.24, 2.45) is 0 Å². The van der Waals surface area contributed by atoms with Crippen molar-refractivity contribution in [1.82, 2.24) is 0 Å². The van der Waals surface area contributed by atoms with Gasteiger partial charge in [0.15, 0.2) is 9.84 Å². The van der Waals surface area contributed by atoms with Gasteiger partial charge in [0.05, 0.1) is 10.6 Å². The molecule has 0 N–H and O–H groups in total. The van der Waals surface area contributed by atoms with Gasteiger partial charge in [-0.25, -0.2) is 8.42 Å². The second kappa shape index (κ2) is 7.88. The van der Waals surface area contributed by atoms with Crippen LogP contribution in [0.15, 0.2) is 35.2 Å². The standard InChI is InChI=1S/C13H19BrO2S/c14-11-7-2-1-3-8-12-17(15,16)13-9-5-4-6-10-13/h4-6,9-10H,1-3,7-8,11-12H2. The van der Waals surface area contributed by atoms with Gasteiger partial charge in [-0.15, -0.1) is 0 Å². The van der Waals surface area contributed by atoms with Crippen LogP contribution in [0.4, 0.5) is 0 Å². The molecule has 2 nitrogen and oxygen atoms in total. The molecule has 0 spiro atoms. The summed E-state index contributed by atoms with van der Waals surface area (Å²) in [5, 5.41) is 1.04. The summed E-state index contributed by atoms with van der Waals surface area (Å²) in [7, 11) is -3.06. The second-order valence-corrected chi connectivity index (χ2v) is 6.99. The maximum Gasteiger partial charge on any atom is 0.178 e. The van der Waals surface area contributed by atoms with E-state index in [9.17, 15) is 8.42 Å². The zero-order valence-electron chi connectivity index (χ0n) is 9.94. The van der Waals surface area contributed by atoms with Gasteiger partial charge in [0, 0.05) is 5.33 Å². The molecule has 1 rings (SSSR count). The summed E-state index contributed by atoms with van der Waals surface area (Å²) in [4.78, 5) is 0.445. The van der Waals surface area contributed by atoms with Crippen LogP contribution in [0.1, 0.15) is 32.1 Å². The van der Waals surface area contributed by atoms with Gasteiger partial charge in [-0.2, -0.15) is 0 Å². The van der Waals surface area contributed by atoms with E-state index in [-0.39, 0.29) is 5.75 Å². The quantitative estimate of drug-likeness (QED) is 0.539. The number of halogens is 1.